The number of hydrogen-bond donors (Lipinski definition) is 1. The van der Waals surface area contributed by atoms with E-state index in [2.05, 4.69) is 4.98 Å². The lowest BCUT2D eigenvalue weighted by Gasteiger charge is -2.07. The van der Waals surface area contributed by atoms with E-state index in [9.17, 15) is 9.59 Å². The molecule has 0 atom stereocenters. The van der Waals surface area contributed by atoms with Gasteiger partial charge >= 0.3 is 5.97 Å². The summed E-state index contributed by atoms with van der Waals surface area (Å²) in [6.45, 7) is 2.34. The van der Waals surface area contributed by atoms with E-state index in [0.717, 1.165) is 0 Å². The summed E-state index contributed by atoms with van der Waals surface area (Å²) in [6, 6.07) is 5.74. The van der Waals surface area contributed by atoms with Gasteiger partial charge in [0.25, 0.3) is 5.56 Å². The predicted molar refractivity (Wildman–Crippen MR) is 68.0 cm³/mol. The quantitative estimate of drug-likeness (QED) is 0.896. The van der Waals surface area contributed by atoms with E-state index in [-0.39, 0.29) is 11.1 Å². The Morgan fingerprint density at radius 2 is 2.16 bits per heavy atom. The van der Waals surface area contributed by atoms with Crippen molar-refractivity contribution < 1.29 is 14.6 Å². The zero-order valence-electron chi connectivity index (χ0n) is 10.2. The topological polar surface area (TPSA) is 81.4 Å². The molecule has 2 heterocycles. The molecule has 0 aromatic carbocycles. The van der Waals surface area contributed by atoms with Crippen LogP contribution in [0.15, 0.2) is 41.5 Å². The summed E-state index contributed by atoms with van der Waals surface area (Å²) in [5.74, 6) is -0.638. The second-order valence-electron chi connectivity index (χ2n) is 3.72. The predicted octanol–water partition coefficient (Wildman–Crippen LogP) is 1.33. The van der Waals surface area contributed by atoms with Crippen LogP contribution >= 0.6 is 0 Å². The molecule has 0 unspecified atom stereocenters. The van der Waals surface area contributed by atoms with Gasteiger partial charge in [0.2, 0.25) is 5.88 Å². The first kappa shape index (κ1) is 12.8. The molecule has 6 heteroatoms. The van der Waals surface area contributed by atoms with Crippen molar-refractivity contribution in [3.05, 3.63) is 52.6 Å². The van der Waals surface area contributed by atoms with Crippen LogP contribution < -0.4 is 10.3 Å². The van der Waals surface area contributed by atoms with Crippen molar-refractivity contribution in [2.24, 2.45) is 0 Å². The van der Waals surface area contributed by atoms with Crippen LogP contribution in [0, 0.1) is 0 Å². The Hall–Kier alpha value is -2.63. The van der Waals surface area contributed by atoms with Crippen LogP contribution in [0.3, 0.4) is 0 Å². The number of carbonyl (C=O) groups is 1. The van der Waals surface area contributed by atoms with Crippen LogP contribution in [0.5, 0.6) is 5.88 Å². The van der Waals surface area contributed by atoms with Crippen LogP contribution in [0.1, 0.15) is 17.3 Å². The van der Waals surface area contributed by atoms with Crippen molar-refractivity contribution in [2.75, 3.05) is 6.61 Å². The highest BCUT2D eigenvalue weighted by Gasteiger charge is 2.07. The molecular formula is C13H12N2O4. The fraction of sp³-hybridized carbons (Fsp3) is 0.154. The minimum Gasteiger partial charge on any atom is -0.478 e. The molecule has 0 bridgehead atoms. The highest BCUT2D eigenvalue weighted by Crippen LogP contribution is 2.10. The molecule has 0 aliphatic carbocycles. The summed E-state index contributed by atoms with van der Waals surface area (Å²) in [5, 5.41) is 8.91. The highest BCUT2D eigenvalue weighted by atomic mass is 16.5. The smallest absolute Gasteiger partial charge is 0.337 e. The molecule has 0 spiro atoms. The van der Waals surface area contributed by atoms with Gasteiger partial charge in [-0.05, 0) is 19.1 Å². The van der Waals surface area contributed by atoms with Gasteiger partial charge in [0.05, 0.1) is 24.1 Å². The van der Waals surface area contributed by atoms with Crippen molar-refractivity contribution in [1.29, 1.82) is 0 Å². The first-order valence-corrected chi connectivity index (χ1v) is 5.67. The van der Waals surface area contributed by atoms with E-state index >= 15 is 0 Å². The van der Waals surface area contributed by atoms with Gasteiger partial charge in [-0.3, -0.25) is 9.36 Å². The third-order valence-electron chi connectivity index (χ3n) is 2.45. The lowest BCUT2D eigenvalue weighted by Crippen LogP contribution is -2.18. The zero-order valence-corrected chi connectivity index (χ0v) is 10.2. The van der Waals surface area contributed by atoms with Crippen molar-refractivity contribution in [3.63, 3.8) is 0 Å². The fourth-order valence-electron chi connectivity index (χ4n) is 1.56. The molecule has 98 valence electrons. The van der Waals surface area contributed by atoms with Gasteiger partial charge in [-0.15, -0.1) is 0 Å². The molecule has 0 saturated carbocycles. The maximum Gasteiger partial charge on any atom is 0.337 e. The van der Waals surface area contributed by atoms with Crippen molar-refractivity contribution in [1.82, 2.24) is 9.55 Å². The lowest BCUT2D eigenvalue weighted by atomic mass is 10.3. The third kappa shape index (κ3) is 2.79. The van der Waals surface area contributed by atoms with Crippen molar-refractivity contribution in [2.45, 2.75) is 6.92 Å². The maximum absolute atomic E-state index is 11.7. The summed E-state index contributed by atoms with van der Waals surface area (Å²) in [7, 11) is 0. The first-order valence-electron chi connectivity index (χ1n) is 5.67. The molecule has 2 rings (SSSR count). The van der Waals surface area contributed by atoms with E-state index < -0.39 is 5.97 Å². The average molecular weight is 260 g/mol. The SMILES string of the molecule is CCOc1ccc(-n2cc(C(=O)O)ccc2=O)cn1. The highest BCUT2D eigenvalue weighted by molar-refractivity contribution is 5.87. The summed E-state index contributed by atoms with van der Waals surface area (Å²) in [6.07, 6.45) is 2.72. The number of aromatic carboxylic acids is 1. The van der Waals surface area contributed by atoms with E-state index in [1.54, 1.807) is 12.1 Å². The summed E-state index contributed by atoms with van der Waals surface area (Å²) >= 11 is 0. The number of ether oxygens (including phenoxy) is 1. The zero-order chi connectivity index (χ0) is 13.8. The number of pyridine rings is 2. The van der Waals surface area contributed by atoms with E-state index in [1.165, 1.54) is 29.1 Å². The Morgan fingerprint density at radius 1 is 1.37 bits per heavy atom. The monoisotopic (exact) mass is 260 g/mol. The molecule has 6 nitrogen and oxygen atoms in total. The fourth-order valence-corrected chi connectivity index (χ4v) is 1.56. The molecule has 2 aromatic heterocycles. The van der Waals surface area contributed by atoms with Crippen LogP contribution in [0.4, 0.5) is 0 Å². The standard InChI is InChI=1S/C13H12N2O4/c1-2-19-11-5-4-10(7-14-11)15-8-9(13(17)18)3-6-12(15)16/h3-8H,2H2,1H3,(H,17,18). The molecule has 0 fully saturated rings. The average Bonchev–Trinajstić information content (AvgIpc) is 2.40. The molecule has 0 saturated heterocycles. The summed E-state index contributed by atoms with van der Waals surface area (Å²) in [4.78, 5) is 26.6. The van der Waals surface area contributed by atoms with Crippen LogP contribution in [0.2, 0.25) is 0 Å². The second kappa shape index (κ2) is 5.34. The van der Waals surface area contributed by atoms with E-state index in [1.807, 2.05) is 6.92 Å². The number of aromatic nitrogens is 2. The molecule has 0 radical (unpaired) electrons. The number of hydrogen-bond acceptors (Lipinski definition) is 4. The molecule has 19 heavy (non-hydrogen) atoms. The van der Waals surface area contributed by atoms with Gasteiger partial charge in [0.1, 0.15) is 0 Å². The Morgan fingerprint density at radius 3 is 2.74 bits per heavy atom. The van der Waals surface area contributed by atoms with Crippen molar-refractivity contribution in [3.8, 4) is 11.6 Å². The van der Waals surface area contributed by atoms with E-state index in [0.29, 0.717) is 18.2 Å². The van der Waals surface area contributed by atoms with Gasteiger partial charge in [0, 0.05) is 18.3 Å². The number of carboxylic acid groups (broad SMARTS) is 1. The van der Waals surface area contributed by atoms with Gasteiger partial charge < -0.3 is 9.84 Å². The number of carboxylic acids is 1. The number of nitrogens with zero attached hydrogens (tertiary/aromatic N) is 2. The molecule has 0 aliphatic rings. The molecule has 1 N–H and O–H groups in total. The molecular weight excluding hydrogens is 248 g/mol. The second-order valence-corrected chi connectivity index (χ2v) is 3.72. The molecule has 0 aliphatic heterocycles. The lowest BCUT2D eigenvalue weighted by molar-refractivity contribution is 0.0696. The normalized spacial score (nSPS) is 10.2. The summed E-state index contributed by atoms with van der Waals surface area (Å²) < 4.78 is 6.42. The van der Waals surface area contributed by atoms with Crippen LogP contribution in [0.25, 0.3) is 5.69 Å². The van der Waals surface area contributed by atoms with Gasteiger partial charge in [-0.25, -0.2) is 9.78 Å². The largest absolute Gasteiger partial charge is 0.478 e. The Balaban J connectivity index is 2.43. The molecule has 2 aromatic rings. The third-order valence-corrected chi connectivity index (χ3v) is 2.45. The Bertz CT molecular complexity index is 646. The summed E-state index contributed by atoms with van der Waals surface area (Å²) in [5.41, 5.74) is 0.195. The minimum atomic E-state index is -1.09. The van der Waals surface area contributed by atoms with Crippen LogP contribution in [-0.2, 0) is 0 Å². The van der Waals surface area contributed by atoms with E-state index in [4.69, 9.17) is 9.84 Å². The van der Waals surface area contributed by atoms with Gasteiger partial charge in [0.15, 0.2) is 0 Å². The van der Waals surface area contributed by atoms with Crippen molar-refractivity contribution >= 4 is 5.97 Å². The van der Waals surface area contributed by atoms with Crippen LogP contribution in [-0.4, -0.2) is 27.2 Å². The maximum atomic E-state index is 11.7. The first-order chi connectivity index (χ1) is 9.11. The van der Waals surface area contributed by atoms with Gasteiger partial charge in [-0.2, -0.15) is 0 Å². The number of rotatable bonds is 4. The Kier molecular flexibility index (Phi) is 3.61. The molecule has 0 amide bonds. The van der Waals surface area contributed by atoms with Gasteiger partial charge in [-0.1, -0.05) is 0 Å². The Labute approximate surface area is 108 Å². The minimum absolute atomic E-state index is 0.0356.